The maximum absolute atomic E-state index is 14.4. The Kier molecular flexibility index (Phi) is 10.5. The van der Waals surface area contributed by atoms with Crippen LogP contribution in [-0.4, -0.2) is 61.5 Å². The van der Waals surface area contributed by atoms with Gasteiger partial charge < -0.3 is 20.9 Å². The van der Waals surface area contributed by atoms with Gasteiger partial charge in [-0.2, -0.15) is 0 Å². The van der Waals surface area contributed by atoms with Gasteiger partial charge >= 0.3 is 6.03 Å². The van der Waals surface area contributed by atoms with Crippen LogP contribution in [0.2, 0.25) is 0 Å². The zero-order valence-corrected chi connectivity index (χ0v) is 27.5. The molecule has 5 amide bonds. The monoisotopic (exact) mass is 647 g/mol. The average Bonchev–Trinajstić information content (AvgIpc) is 3.08. The number of benzene rings is 3. The van der Waals surface area contributed by atoms with Crippen molar-refractivity contribution in [2.45, 2.75) is 64.1 Å². The summed E-state index contributed by atoms with van der Waals surface area (Å²) in [6.45, 7) is 7.37. The number of nitrogens with zero attached hydrogens (tertiary/aromatic N) is 1. The first kappa shape index (κ1) is 34.2. The van der Waals surface area contributed by atoms with Gasteiger partial charge in [-0.3, -0.25) is 14.4 Å². The van der Waals surface area contributed by atoms with Gasteiger partial charge in [0.05, 0.1) is 23.5 Å². The zero-order chi connectivity index (χ0) is 33.6. The van der Waals surface area contributed by atoms with Gasteiger partial charge in [0.25, 0.3) is 5.91 Å². The molecule has 46 heavy (non-hydrogen) atoms. The van der Waals surface area contributed by atoms with Gasteiger partial charge in [-0.1, -0.05) is 66.7 Å². The SMILES string of the molecule is Cc1ccccc1C1CC(NC(=O)Nc2ccccc2C(=O)NS(C)(=O)=O)C(=O)N(CC(=O)NC(C)(C)C)C(c2ccccc2)C1. The lowest BCUT2D eigenvalue weighted by Gasteiger charge is -2.33. The van der Waals surface area contributed by atoms with Crippen molar-refractivity contribution in [2.24, 2.45) is 0 Å². The number of hydrogen-bond donors (Lipinski definition) is 4. The molecule has 0 spiro atoms. The van der Waals surface area contributed by atoms with Gasteiger partial charge in [0, 0.05) is 5.54 Å². The highest BCUT2D eigenvalue weighted by Crippen LogP contribution is 2.40. The van der Waals surface area contributed by atoms with E-state index in [4.69, 9.17) is 0 Å². The van der Waals surface area contributed by atoms with E-state index in [1.807, 2.05) is 87.0 Å². The molecular weight excluding hydrogens is 606 g/mol. The normalized spacial score (nSPS) is 18.7. The van der Waals surface area contributed by atoms with Crippen molar-refractivity contribution in [3.63, 3.8) is 0 Å². The highest BCUT2D eigenvalue weighted by Gasteiger charge is 2.40. The molecule has 1 fully saturated rings. The molecule has 0 aliphatic carbocycles. The van der Waals surface area contributed by atoms with Crippen molar-refractivity contribution >= 4 is 39.5 Å². The topological polar surface area (TPSA) is 154 Å². The number of urea groups is 1. The van der Waals surface area contributed by atoms with Gasteiger partial charge in [0.2, 0.25) is 21.8 Å². The van der Waals surface area contributed by atoms with Gasteiger partial charge in [-0.25, -0.2) is 17.9 Å². The van der Waals surface area contributed by atoms with Crippen LogP contribution < -0.4 is 20.7 Å². The van der Waals surface area contributed by atoms with E-state index < -0.39 is 45.5 Å². The van der Waals surface area contributed by atoms with E-state index in [-0.39, 0.29) is 36.0 Å². The summed E-state index contributed by atoms with van der Waals surface area (Å²) in [5.74, 6) is -1.83. The fourth-order valence-corrected chi connectivity index (χ4v) is 6.22. The molecule has 3 aromatic carbocycles. The molecule has 11 nitrogen and oxygen atoms in total. The average molecular weight is 648 g/mol. The number of sulfonamides is 1. The third-order valence-corrected chi connectivity index (χ3v) is 8.19. The van der Waals surface area contributed by atoms with E-state index >= 15 is 0 Å². The highest BCUT2D eigenvalue weighted by molar-refractivity contribution is 7.89. The van der Waals surface area contributed by atoms with Crippen LogP contribution in [0.25, 0.3) is 0 Å². The summed E-state index contributed by atoms with van der Waals surface area (Å²) in [7, 11) is -3.85. The molecule has 3 unspecified atom stereocenters. The lowest BCUT2D eigenvalue weighted by Crippen LogP contribution is -2.53. The largest absolute Gasteiger partial charge is 0.350 e. The first-order chi connectivity index (χ1) is 21.6. The molecule has 3 atom stereocenters. The Morgan fingerprint density at radius 1 is 0.891 bits per heavy atom. The van der Waals surface area contributed by atoms with E-state index in [9.17, 15) is 27.6 Å². The molecule has 1 aliphatic heterocycles. The number of carbonyl (C=O) groups excluding carboxylic acids is 4. The Hall–Kier alpha value is -4.71. The van der Waals surface area contributed by atoms with Crippen LogP contribution in [0.5, 0.6) is 0 Å². The maximum Gasteiger partial charge on any atom is 0.319 e. The predicted molar refractivity (Wildman–Crippen MR) is 177 cm³/mol. The second-order valence-electron chi connectivity index (χ2n) is 12.6. The number of aryl methyl sites for hydroxylation is 1. The number of nitrogens with one attached hydrogen (secondary N) is 4. The number of para-hydroxylation sites is 1. The number of anilines is 1. The molecule has 0 aromatic heterocycles. The molecule has 0 radical (unpaired) electrons. The quantitative estimate of drug-likeness (QED) is 0.287. The molecule has 1 saturated heterocycles. The summed E-state index contributed by atoms with van der Waals surface area (Å²) in [6, 6.07) is 21.1. The predicted octanol–water partition coefficient (Wildman–Crippen LogP) is 4.24. The molecule has 0 bridgehead atoms. The number of hydrogen-bond acceptors (Lipinski definition) is 6. The molecule has 244 valence electrons. The highest BCUT2D eigenvalue weighted by atomic mass is 32.2. The first-order valence-electron chi connectivity index (χ1n) is 15.0. The summed E-state index contributed by atoms with van der Waals surface area (Å²) < 4.78 is 25.2. The van der Waals surface area contributed by atoms with Crippen molar-refractivity contribution in [1.82, 2.24) is 20.3 Å². The number of likely N-dealkylation sites (tertiary alicyclic amines) is 1. The Morgan fingerprint density at radius 3 is 2.17 bits per heavy atom. The summed E-state index contributed by atoms with van der Waals surface area (Å²) in [5, 5.41) is 8.34. The van der Waals surface area contributed by atoms with Crippen molar-refractivity contribution in [2.75, 3.05) is 18.1 Å². The molecule has 1 heterocycles. The summed E-state index contributed by atoms with van der Waals surface area (Å²) in [4.78, 5) is 55.3. The van der Waals surface area contributed by atoms with Crippen molar-refractivity contribution in [1.29, 1.82) is 0 Å². The van der Waals surface area contributed by atoms with Crippen LogP contribution in [0.4, 0.5) is 10.5 Å². The second kappa shape index (κ2) is 14.2. The lowest BCUT2D eigenvalue weighted by atomic mass is 9.84. The Bertz CT molecular complexity index is 1700. The first-order valence-corrected chi connectivity index (χ1v) is 16.9. The third kappa shape index (κ3) is 9.16. The van der Waals surface area contributed by atoms with Crippen LogP contribution in [0.1, 0.15) is 72.6 Å². The minimum atomic E-state index is -3.85. The smallest absolute Gasteiger partial charge is 0.319 e. The van der Waals surface area contributed by atoms with E-state index in [1.54, 1.807) is 6.07 Å². The van der Waals surface area contributed by atoms with Crippen LogP contribution in [0, 0.1) is 6.92 Å². The van der Waals surface area contributed by atoms with Gasteiger partial charge in [-0.05, 0) is 75.3 Å². The number of carbonyl (C=O) groups is 4. The van der Waals surface area contributed by atoms with Crippen LogP contribution in [-0.2, 0) is 19.6 Å². The number of rotatable bonds is 8. The van der Waals surface area contributed by atoms with Gasteiger partial charge in [0.1, 0.15) is 12.6 Å². The van der Waals surface area contributed by atoms with Crippen molar-refractivity contribution in [3.05, 3.63) is 101 Å². The Balaban J connectivity index is 1.70. The Labute approximate surface area is 270 Å². The molecule has 0 saturated carbocycles. The van der Waals surface area contributed by atoms with Crippen molar-refractivity contribution in [3.8, 4) is 0 Å². The minimum Gasteiger partial charge on any atom is -0.350 e. The summed E-state index contributed by atoms with van der Waals surface area (Å²) in [5.41, 5.74) is 2.41. The Morgan fingerprint density at radius 2 is 1.52 bits per heavy atom. The van der Waals surface area contributed by atoms with E-state index in [1.165, 1.54) is 23.1 Å². The van der Waals surface area contributed by atoms with E-state index in [0.29, 0.717) is 6.42 Å². The molecule has 4 rings (SSSR count). The van der Waals surface area contributed by atoms with E-state index in [2.05, 4.69) is 16.0 Å². The molecule has 3 aromatic rings. The maximum atomic E-state index is 14.4. The zero-order valence-electron chi connectivity index (χ0n) is 26.7. The second-order valence-corrected chi connectivity index (χ2v) is 14.4. The van der Waals surface area contributed by atoms with Crippen molar-refractivity contribution < 1.29 is 27.6 Å². The molecule has 1 aliphatic rings. The molecular formula is C34H41N5O6S. The van der Waals surface area contributed by atoms with Crippen LogP contribution in [0.15, 0.2) is 78.9 Å². The molecule has 12 heteroatoms. The molecule has 4 N–H and O–H groups in total. The third-order valence-electron chi connectivity index (χ3n) is 7.63. The van der Waals surface area contributed by atoms with Gasteiger partial charge in [0.15, 0.2) is 0 Å². The lowest BCUT2D eigenvalue weighted by molar-refractivity contribution is -0.139. The number of amides is 5. The van der Waals surface area contributed by atoms with Gasteiger partial charge in [-0.15, -0.1) is 0 Å². The summed E-state index contributed by atoms with van der Waals surface area (Å²) >= 11 is 0. The van der Waals surface area contributed by atoms with E-state index in [0.717, 1.165) is 22.9 Å². The van der Waals surface area contributed by atoms with Crippen LogP contribution in [0.3, 0.4) is 0 Å². The summed E-state index contributed by atoms with van der Waals surface area (Å²) in [6.07, 6.45) is 1.62. The standard InChI is InChI=1S/C34H41N5O6S/c1-22-13-9-10-16-25(22)24-19-28(36-33(43)35-27-18-12-11-17-26(27)31(41)38-46(5,44)45)32(42)39(21-30(40)37-34(2,3)4)29(20-24)23-14-7-6-8-15-23/h6-18,24,28-29H,19-21H2,1-5H3,(H,37,40)(H,38,41)(H2,35,36,43). The van der Waals surface area contributed by atoms with Crippen LogP contribution >= 0.6 is 0 Å². The fourth-order valence-electron chi connectivity index (χ4n) is 5.77. The minimum absolute atomic E-state index is 0.0567. The fraction of sp³-hybridized carbons (Fsp3) is 0.353.